The third kappa shape index (κ3) is 3.36. The van der Waals surface area contributed by atoms with Gasteiger partial charge in [-0.2, -0.15) is 11.8 Å². The number of thioether (sulfide) groups is 1. The maximum absolute atomic E-state index is 12.3. The fourth-order valence-electron chi connectivity index (χ4n) is 1.52. The van der Waals surface area contributed by atoms with Crippen molar-refractivity contribution in [2.75, 3.05) is 31.4 Å². The average Bonchev–Trinajstić information content (AvgIpc) is 2.37. The van der Waals surface area contributed by atoms with Crippen LogP contribution in [-0.4, -0.2) is 47.9 Å². The number of hydrogen-bond acceptors (Lipinski definition) is 4. The molecule has 0 spiro atoms. The van der Waals surface area contributed by atoms with Gasteiger partial charge in [0.25, 0.3) is 5.91 Å². The van der Waals surface area contributed by atoms with Crippen molar-refractivity contribution in [1.29, 1.82) is 0 Å². The minimum Gasteiger partial charge on any atom is -0.386 e. The number of nitrogens with one attached hydrogen (secondary N) is 1. The van der Waals surface area contributed by atoms with Crippen molar-refractivity contribution < 1.29 is 4.79 Å². The van der Waals surface area contributed by atoms with Gasteiger partial charge in [-0.3, -0.25) is 9.78 Å². The predicted octanol–water partition coefficient (Wildman–Crippen LogP) is 1.95. The lowest BCUT2D eigenvalue weighted by Gasteiger charge is -2.25. The van der Waals surface area contributed by atoms with Crippen molar-refractivity contribution in [2.45, 2.75) is 13.0 Å². The van der Waals surface area contributed by atoms with Crippen LogP contribution in [0.1, 0.15) is 17.3 Å². The lowest BCUT2D eigenvalue weighted by Crippen LogP contribution is -2.36. The zero-order chi connectivity index (χ0) is 12.8. The molecule has 0 aromatic carbocycles. The molecule has 0 fully saturated rings. The maximum Gasteiger partial charge on any atom is 0.256 e. The molecule has 1 heterocycles. The Bertz CT molecular complexity index is 384. The molecule has 1 aromatic heterocycles. The summed E-state index contributed by atoms with van der Waals surface area (Å²) in [5.41, 5.74) is 1.43. The van der Waals surface area contributed by atoms with Gasteiger partial charge >= 0.3 is 0 Å². The zero-order valence-corrected chi connectivity index (χ0v) is 11.5. The molecule has 0 saturated carbocycles. The standard InChI is InChI=1S/C12H19N3OS/c1-9(8-17-4)15(3)12(16)10-5-6-14-7-11(10)13-2/h5-7,9,13H,8H2,1-4H3. The summed E-state index contributed by atoms with van der Waals surface area (Å²) < 4.78 is 0. The summed E-state index contributed by atoms with van der Waals surface area (Å²) in [6.45, 7) is 2.05. The number of nitrogens with zero attached hydrogens (tertiary/aromatic N) is 2. The topological polar surface area (TPSA) is 45.2 Å². The third-order valence-electron chi connectivity index (χ3n) is 2.71. The molecule has 0 aliphatic heterocycles. The Morgan fingerprint density at radius 3 is 2.94 bits per heavy atom. The number of carbonyl (C=O) groups excluding carboxylic acids is 1. The SMILES string of the molecule is CNc1cnccc1C(=O)N(C)C(C)CSC. The Morgan fingerprint density at radius 1 is 1.65 bits per heavy atom. The van der Waals surface area contributed by atoms with Crippen molar-refractivity contribution in [3.8, 4) is 0 Å². The number of aromatic nitrogens is 1. The Kier molecular flexibility index (Phi) is 5.28. The second-order valence-electron chi connectivity index (χ2n) is 3.89. The van der Waals surface area contributed by atoms with Gasteiger partial charge in [0.05, 0.1) is 17.4 Å². The van der Waals surface area contributed by atoms with Crippen molar-refractivity contribution in [3.05, 3.63) is 24.0 Å². The highest BCUT2D eigenvalue weighted by Crippen LogP contribution is 2.16. The minimum absolute atomic E-state index is 0.0262. The first kappa shape index (κ1) is 13.8. The van der Waals surface area contributed by atoms with Crippen molar-refractivity contribution in [3.63, 3.8) is 0 Å². The highest BCUT2D eigenvalue weighted by Gasteiger charge is 2.19. The van der Waals surface area contributed by atoms with Gasteiger partial charge in [-0.15, -0.1) is 0 Å². The Balaban J connectivity index is 2.88. The fraction of sp³-hybridized carbons (Fsp3) is 0.500. The van der Waals surface area contributed by atoms with Crippen molar-refractivity contribution >= 4 is 23.4 Å². The van der Waals surface area contributed by atoms with E-state index < -0.39 is 0 Å². The largest absolute Gasteiger partial charge is 0.386 e. The van der Waals surface area contributed by atoms with Crippen LogP contribution >= 0.6 is 11.8 Å². The molecule has 1 rings (SSSR count). The summed E-state index contributed by atoms with van der Waals surface area (Å²) in [5, 5.41) is 2.99. The normalized spacial score (nSPS) is 12.0. The van der Waals surface area contributed by atoms with Crippen LogP contribution in [0.3, 0.4) is 0 Å². The van der Waals surface area contributed by atoms with Crippen LogP contribution < -0.4 is 5.32 Å². The van der Waals surface area contributed by atoms with Gasteiger partial charge < -0.3 is 10.2 Å². The summed E-state index contributed by atoms with van der Waals surface area (Å²) in [6, 6.07) is 1.96. The summed E-state index contributed by atoms with van der Waals surface area (Å²) in [6.07, 6.45) is 5.35. The van der Waals surface area contributed by atoms with Gasteiger partial charge in [-0.25, -0.2) is 0 Å². The summed E-state index contributed by atoms with van der Waals surface area (Å²) in [7, 11) is 3.63. The van der Waals surface area contributed by atoms with Gasteiger partial charge in [0.2, 0.25) is 0 Å². The van der Waals surface area contributed by atoms with Crippen LogP contribution in [-0.2, 0) is 0 Å². The first-order chi connectivity index (χ1) is 8.11. The average molecular weight is 253 g/mol. The number of anilines is 1. The number of carbonyl (C=O) groups is 1. The Labute approximate surface area is 107 Å². The van der Waals surface area contributed by atoms with Crippen LogP contribution in [0.25, 0.3) is 0 Å². The van der Waals surface area contributed by atoms with E-state index in [-0.39, 0.29) is 11.9 Å². The summed E-state index contributed by atoms with van der Waals surface area (Å²) in [4.78, 5) is 18.1. The molecule has 1 amide bonds. The molecule has 0 bridgehead atoms. The van der Waals surface area contributed by atoms with E-state index in [1.54, 1.807) is 42.2 Å². The van der Waals surface area contributed by atoms with Crippen LogP contribution in [0.15, 0.2) is 18.5 Å². The lowest BCUT2D eigenvalue weighted by molar-refractivity contribution is 0.0758. The van der Waals surface area contributed by atoms with E-state index in [1.807, 2.05) is 13.3 Å². The summed E-state index contributed by atoms with van der Waals surface area (Å²) in [5.74, 6) is 0.959. The molecule has 0 aliphatic carbocycles. The number of rotatable bonds is 5. The van der Waals surface area contributed by atoms with Crippen LogP contribution in [0.4, 0.5) is 5.69 Å². The quantitative estimate of drug-likeness (QED) is 0.871. The first-order valence-electron chi connectivity index (χ1n) is 5.49. The smallest absolute Gasteiger partial charge is 0.256 e. The second-order valence-corrected chi connectivity index (χ2v) is 4.80. The first-order valence-corrected chi connectivity index (χ1v) is 6.89. The molecule has 1 N–H and O–H groups in total. The molecule has 4 nitrogen and oxygen atoms in total. The predicted molar refractivity (Wildman–Crippen MR) is 73.7 cm³/mol. The monoisotopic (exact) mass is 253 g/mol. The van der Waals surface area contributed by atoms with Crippen LogP contribution in [0, 0.1) is 0 Å². The molecule has 94 valence electrons. The van der Waals surface area contributed by atoms with Gasteiger partial charge in [0, 0.05) is 32.1 Å². The number of pyridine rings is 1. The molecule has 5 heteroatoms. The summed E-state index contributed by atoms with van der Waals surface area (Å²) >= 11 is 1.74. The van der Waals surface area contributed by atoms with Gasteiger partial charge in [-0.1, -0.05) is 0 Å². The van der Waals surface area contributed by atoms with E-state index in [2.05, 4.69) is 17.2 Å². The van der Waals surface area contributed by atoms with E-state index >= 15 is 0 Å². The molecule has 0 saturated heterocycles. The van der Waals surface area contributed by atoms with E-state index in [1.165, 1.54) is 0 Å². The molecular weight excluding hydrogens is 234 g/mol. The Morgan fingerprint density at radius 2 is 2.35 bits per heavy atom. The van der Waals surface area contributed by atoms with E-state index in [0.29, 0.717) is 5.56 Å². The zero-order valence-electron chi connectivity index (χ0n) is 10.7. The van der Waals surface area contributed by atoms with Gasteiger partial charge in [0.1, 0.15) is 0 Å². The Hall–Kier alpha value is -1.23. The lowest BCUT2D eigenvalue weighted by atomic mass is 10.2. The number of hydrogen-bond donors (Lipinski definition) is 1. The molecule has 0 aliphatic rings. The highest BCUT2D eigenvalue weighted by atomic mass is 32.2. The van der Waals surface area contributed by atoms with Crippen molar-refractivity contribution in [2.24, 2.45) is 0 Å². The van der Waals surface area contributed by atoms with Gasteiger partial charge in [0.15, 0.2) is 0 Å². The van der Waals surface area contributed by atoms with Crippen LogP contribution in [0.5, 0.6) is 0 Å². The molecule has 17 heavy (non-hydrogen) atoms. The van der Waals surface area contributed by atoms with Crippen LogP contribution in [0.2, 0.25) is 0 Å². The second kappa shape index (κ2) is 6.49. The minimum atomic E-state index is 0.0262. The maximum atomic E-state index is 12.3. The van der Waals surface area contributed by atoms with E-state index in [9.17, 15) is 4.79 Å². The molecule has 1 aromatic rings. The highest BCUT2D eigenvalue weighted by molar-refractivity contribution is 7.98. The molecular formula is C12H19N3OS. The number of amides is 1. The molecule has 1 unspecified atom stereocenters. The molecule has 0 radical (unpaired) electrons. The van der Waals surface area contributed by atoms with E-state index in [4.69, 9.17) is 0 Å². The molecule has 1 atom stereocenters. The van der Waals surface area contributed by atoms with E-state index in [0.717, 1.165) is 11.4 Å². The fourth-order valence-corrected chi connectivity index (χ4v) is 2.23. The third-order valence-corrected chi connectivity index (χ3v) is 3.53. The van der Waals surface area contributed by atoms with Gasteiger partial charge in [-0.05, 0) is 19.2 Å². The van der Waals surface area contributed by atoms with Crippen molar-refractivity contribution in [1.82, 2.24) is 9.88 Å².